The van der Waals surface area contributed by atoms with E-state index >= 15 is 0 Å². The van der Waals surface area contributed by atoms with Crippen molar-refractivity contribution in [2.75, 3.05) is 17.2 Å². The van der Waals surface area contributed by atoms with E-state index in [9.17, 15) is 9.18 Å². The first kappa shape index (κ1) is 18.8. The number of nitrogens with zero attached hydrogens (tertiary/aromatic N) is 2. The van der Waals surface area contributed by atoms with Crippen LogP contribution in [0.2, 0.25) is 0 Å². The Morgan fingerprint density at radius 1 is 1.15 bits per heavy atom. The molecule has 0 aliphatic carbocycles. The highest BCUT2D eigenvalue weighted by atomic mass is 32.1. The molecule has 0 saturated heterocycles. The van der Waals surface area contributed by atoms with Crippen LogP contribution in [-0.4, -0.2) is 22.8 Å². The molecule has 1 heterocycles. The molecule has 27 heavy (non-hydrogen) atoms. The highest BCUT2D eigenvalue weighted by molar-refractivity contribution is 7.18. The predicted octanol–water partition coefficient (Wildman–Crippen LogP) is 5.17. The van der Waals surface area contributed by atoms with Crippen molar-refractivity contribution in [3.8, 4) is 16.3 Å². The standard InChI is InChI=1S/C19H19FN4O2S/c1-2-3-11-26-16-6-4-5-13(12-16)17-23-24-19(27-17)22-18(25)21-15-9-7-14(20)8-10-15/h4-10,12H,2-3,11H2,1H3,(H2,21,22,24,25). The largest absolute Gasteiger partial charge is 0.494 e. The number of aromatic nitrogens is 2. The lowest BCUT2D eigenvalue weighted by Crippen LogP contribution is -2.19. The van der Waals surface area contributed by atoms with Gasteiger partial charge in [0.05, 0.1) is 6.61 Å². The van der Waals surface area contributed by atoms with Crippen molar-refractivity contribution in [1.29, 1.82) is 0 Å². The van der Waals surface area contributed by atoms with E-state index in [1.807, 2.05) is 24.3 Å². The third kappa shape index (κ3) is 5.49. The lowest BCUT2D eigenvalue weighted by Gasteiger charge is -2.06. The minimum atomic E-state index is -0.471. The van der Waals surface area contributed by atoms with Crippen LogP contribution in [0.4, 0.5) is 20.0 Å². The molecule has 6 nitrogen and oxygen atoms in total. The van der Waals surface area contributed by atoms with Crippen LogP contribution in [0, 0.1) is 5.82 Å². The summed E-state index contributed by atoms with van der Waals surface area (Å²) in [6, 6.07) is 12.6. The topological polar surface area (TPSA) is 76.1 Å². The van der Waals surface area contributed by atoms with Crippen molar-refractivity contribution >= 4 is 28.2 Å². The number of anilines is 2. The van der Waals surface area contributed by atoms with E-state index < -0.39 is 6.03 Å². The summed E-state index contributed by atoms with van der Waals surface area (Å²) >= 11 is 1.25. The molecule has 0 fully saturated rings. The van der Waals surface area contributed by atoms with Crippen molar-refractivity contribution in [2.45, 2.75) is 19.8 Å². The number of carbonyl (C=O) groups excluding carboxylic acids is 1. The molecule has 2 N–H and O–H groups in total. The lowest BCUT2D eigenvalue weighted by molar-refractivity contribution is 0.262. The number of urea groups is 1. The maximum absolute atomic E-state index is 12.9. The van der Waals surface area contributed by atoms with Gasteiger partial charge in [0, 0.05) is 11.3 Å². The van der Waals surface area contributed by atoms with Gasteiger partial charge in [0.2, 0.25) is 5.13 Å². The third-order valence-electron chi connectivity index (χ3n) is 3.60. The average molecular weight is 386 g/mol. The highest BCUT2D eigenvalue weighted by Crippen LogP contribution is 2.29. The second-order valence-corrected chi connectivity index (χ2v) is 6.71. The molecular formula is C19H19FN4O2S. The third-order valence-corrected chi connectivity index (χ3v) is 4.48. The van der Waals surface area contributed by atoms with E-state index in [1.54, 1.807) is 0 Å². The molecule has 2 amide bonds. The molecule has 0 aliphatic heterocycles. The molecule has 0 radical (unpaired) electrons. The number of amides is 2. The minimum absolute atomic E-state index is 0.363. The summed E-state index contributed by atoms with van der Waals surface area (Å²) in [4.78, 5) is 12.0. The first-order valence-electron chi connectivity index (χ1n) is 8.54. The van der Waals surface area contributed by atoms with Gasteiger partial charge in [0.1, 0.15) is 16.6 Å². The molecule has 3 aromatic rings. The van der Waals surface area contributed by atoms with E-state index in [-0.39, 0.29) is 5.82 Å². The van der Waals surface area contributed by atoms with Crippen molar-refractivity contribution in [1.82, 2.24) is 10.2 Å². The van der Waals surface area contributed by atoms with E-state index in [0.29, 0.717) is 22.4 Å². The van der Waals surface area contributed by atoms with Crippen molar-refractivity contribution in [3.63, 3.8) is 0 Å². The fourth-order valence-corrected chi connectivity index (χ4v) is 2.97. The quantitative estimate of drug-likeness (QED) is 0.550. The van der Waals surface area contributed by atoms with Gasteiger partial charge in [-0.05, 0) is 42.8 Å². The molecule has 3 rings (SSSR count). The summed E-state index contributed by atoms with van der Waals surface area (Å²) in [5, 5.41) is 14.4. The maximum Gasteiger partial charge on any atom is 0.325 e. The van der Waals surface area contributed by atoms with E-state index in [0.717, 1.165) is 24.2 Å². The molecule has 8 heteroatoms. The number of nitrogens with one attached hydrogen (secondary N) is 2. The number of hydrogen-bond acceptors (Lipinski definition) is 5. The number of ether oxygens (including phenoxy) is 1. The first-order valence-corrected chi connectivity index (χ1v) is 9.36. The van der Waals surface area contributed by atoms with Gasteiger partial charge in [-0.3, -0.25) is 5.32 Å². The number of benzene rings is 2. The van der Waals surface area contributed by atoms with E-state index in [2.05, 4.69) is 27.8 Å². The van der Waals surface area contributed by atoms with Crippen LogP contribution in [0.15, 0.2) is 48.5 Å². The molecule has 2 aromatic carbocycles. The van der Waals surface area contributed by atoms with Crippen LogP contribution in [0.3, 0.4) is 0 Å². The summed E-state index contributed by atoms with van der Waals surface area (Å²) < 4.78 is 18.6. The zero-order chi connectivity index (χ0) is 19.1. The summed E-state index contributed by atoms with van der Waals surface area (Å²) in [7, 11) is 0. The zero-order valence-corrected chi connectivity index (χ0v) is 15.6. The highest BCUT2D eigenvalue weighted by Gasteiger charge is 2.10. The smallest absolute Gasteiger partial charge is 0.325 e. The summed E-state index contributed by atoms with van der Waals surface area (Å²) in [5.74, 6) is 0.412. The molecule has 0 atom stereocenters. The maximum atomic E-state index is 12.9. The Balaban J connectivity index is 1.61. The number of halogens is 1. The Kier molecular flexibility index (Phi) is 6.32. The van der Waals surface area contributed by atoms with Gasteiger partial charge in [-0.15, -0.1) is 10.2 Å². The monoisotopic (exact) mass is 386 g/mol. The summed E-state index contributed by atoms with van der Waals surface area (Å²) in [5.41, 5.74) is 1.35. The van der Waals surface area contributed by atoms with Gasteiger partial charge in [-0.1, -0.05) is 36.8 Å². The van der Waals surface area contributed by atoms with Crippen LogP contribution in [0.1, 0.15) is 19.8 Å². The molecule has 140 valence electrons. The van der Waals surface area contributed by atoms with E-state index in [1.165, 1.54) is 35.6 Å². The van der Waals surface area contributed by atoms with Crippen molar-refractivity contribution in [3.05, 3.63) is 54.3 Å². The SMILES string of the molecule is CCCCOc1cccc(-c2nnc(NC(=O)Nc3ccc(F)cc3)s2)c1. The van der Waals surface area contributed by atoms with Gasteiger partial charge in [-0.25, -0.2) is 9.18 Å². The molecule has 0 bridgehead atoms. The van der Waals surface area contributed by atoms with Crippen molar-refractivity contribution < 1.29 is 13.9 Å². The van der Waals surface area contributed by atoms with Crippen LogP contribution < -0.4 is 15.4 Å². The molecule has 0 spiro atoms. The number of hydrogen-bond donors (Lipinski definition) is 2. The van der Waals surface area contributed by atoms with Crippen LogP contribution in [0.5, 0.6) is 5.75 Å². The number of rotatable bonds is 7. The molecule has 1 aromatic heterocycles. The molecule has 0 unspecified atom stereocenters. The van der Waals surface area contributed by atoms with Gasteiger partial charge in [0.15, 0.2) is 0 Å². The lowest BCUT2D eigenvalue weighted by atomic mass is 10.2. The zero-order valence-electron chi connectivity index (χ0n) is 14.7. The van der Waals surface area contributed by atoms with Gasteiger partial charge >= 0.3 is 6.03 Å². The molecule has 0 aliphatic rings. The first-order chi connectivity index (χ1) is 13.1. The minimum Gasteiger partial charge on any atom is -0.494 e. The van der Waals surface area contributed by atoms with Crippen molar-refractivity contribution in [2.24, 2.45) is 0 Å². The van der Waals surface area contributed by atoms with E-state index in [4.69, 9.17) is 4.74 Å². The molecular weight excluding hydrogens is 367 g/mol. The normalized spacial score (nSPS) is 10.4. The van der Waals surface area contributed by atoms with Gasteiger partial charge < -0.3 is 10.1 Å². The Morgan fingerprint density at radius 3 is 2.74 bits per heavy atom. The average Bonchev–Trinajstić information content (AvgIpc) is 3.12. The van der Waals surface area contributed by atoms with Gasteiger partial charge in [-0.2, -0.15) is 0 Å². The second kappa shape index (κ2) is 9.09. The Bertz CT molecular complexity index is 899. The van der Waals surface area contributed by atoms with Crippen LogP contribution >= 0.6 is 11.3 Å². The fraction of sp³-hybridized carbons (Fsp3) is 0.211. The summed E-state index contributed by atoms with van der Waals surface area (Å²) in [6.45, 7) is 2.79. The van der Waals surface area contributed by atoms with Gasteiger partial charge in [0.25, 0.3) is 0 Å². The molecule has 0 saturated carbocycles. The predicted molar refractivity (Wildman–Crippen MR) is 105 cm³/mol. The fourth-order valence-electron chi connectivity index (χ4n) is 2.24. The second-order valence-electron chi connectivity index (χ2n) is 5.73. The Hall–Kier alpha value is -3.00. The van der Waals surface area contributed by atoms with Crippen LogP contribution in [-0.2, 0) is 0 Å². The van der Waals surface area contributed by atoms with Crippen LogP contribution in [0.25, 0.3) is 10.6 Å². The Labute approximate surface area is 160 Å². The number of unbranched alkanes of at least 4 members (excludes halogenated alkanes) is 1. The number of carbonyl (C=O) groups is 1. The summed E-state index contributed by atoms with van der Waals surface area (Å²) in [6.07, 6.45) is 2.07. The Morgan fingerprint density at radius 2 is 1.96 bits per heavy atom.